The van der Waals surface area contributed by atoms with Crippen LogP contribution in [-0.2, 0) is 6.54 Å². The van der Waals surface area contributed by atoms with Gasteiger partial charge in [0, 0.05) is 16.9 Å². The molecule has 0 bridgehead atoms. The van der Waals surface area contributed by atoms with E-state index < -0.39 is 0 Å². The van der Waals surface area contributed by atoms with Crippen molar-refractivity contribution in [1.29, 1.82) is 0 Å². The number of piperidine rings is 1. The molecule has 1 fully saturated rings. The van der Waals surface area contributed by atoms with Crippen molar-refractivity contribution < 1.29 is 5.11 Å². The zero-order valence-electron chi connectivity index (χ0n) is 17.1. The number of likely N-dealkylation sites (tertiary alicyclic amines) is 1. The Morgan fingerprint density at radius 2 is 1.83 bits per heavy atom. The Labute approximate surface area is 181 Å². The van der Waals surface area contributed by atoms with Gasteiger partial charge in [0.05, 0.1) is 23.8 Å². The third-order valence-corrected chi connectivity index (χ3v) is 6.14. The Morgan fingerprint density at radius 3 is 2.53 bits per heavy atom. The van der Waals surface area contributed by atoms with Crippen LogP contribution in [0.15, 0.2) is 59.5 Å². The molecule has 156 valence electrons. The summed E-state index contributed by atoms with van der Waals surface area (Å²) in [6.07, 6.45) is 5.03. The van der Waals surface area contributed by atoms with E-state index >= 15 is 0 Å². The SMILES string of the molecule is Cc1cc(O)c([C@@H](c2ccccc2Cl)N2CCCCC2)c(=O)n1Cc1ccccn1. The Hall–Kier alpha value is -2.63. The van der Waals surface area contributed by atoms with E-state index in [2.05, 4.69) is 9.88 Å². The molecule has 3 heterocycles. The van der Waals surface area contributed by atoms with Crippen LogP contribution in [0.2, 0.25) is 5.02 Å². The minimum Gasteiger partial charge on any atom is -0.507 e. The van der Waals surface area contributed by atoms with E-state index in [9.17, 15) is 9.90 Å². The van der Waals surface area contributed by atoms with Crippen LogP contribution in [0.1, 0.15) is 47.8 Å². The summed E-state index contributed by atoms with van der Waals surface area (Å²) in [7, 11) is 0. The fraction of sp³-hybridized carbons (Fsp3) is 0.333. The molecule has 0 radical (unpaired) electrons. The second-order valence-corrected chi connectivity index (χ2v) is 8.22. The molecule has 0 unspecified atom stereocenters. The lowest BCUT2D eigenvalue weighted by molar-refractivity contribution is 0.183. The Bertz CT molecular complexity index is 1080. The number of benzene rings is 1. The zero-order valence-corrected chi connectivity index (χ0v) is 17.8. The van der Waals surface area contributed by atoms with Gasteiger partial charge in [0.15, 0.2) is 0 Å². The summed E-state index contributed by atoms with van der Waals surface area (Å²) in [5.74, 6) is 0.0188. The fourth-order valence-corrected chi connectivity index (χ4v) is 4.52. The first-order valence-corrected chi connectivity index (χ1v) is 10.8. The molecular formula is C24H26ClN3O2. The van der Waals surface area contributed by atoms with E-state index in [4.69, 9.17) is 11.6 Å². The average molecular weight is 424 g/mol. The smallest absolute Gasteiger partial charge is 0.260 e. The number of rotatable bonds is 5. The van der Waals surface area contributed by atoms with Crippen molar-refractivity contribution in [2.24, 2.45) is 0 Å². The van der Waals surface area contributed by atoms with Gasteiger partial charge in [-0.3, -0.25) is 14.7 Å². The fourth-order valence-electron chi connectivity index (χ4n) is 4.28. The molecular weight excluding hydrogens is 398 g/mol. The predicted octanol–water partition coefficient (Wildman–Crippen LogP) is 4.53. The highest BCUT2D eigenvalue weighted by Crippen LogP contribution is 2.37. The average Bonchev–Trinajstić information content (AvgIpc) is 2.76. The van der Waals surface area contributed by atoms with Gasteiger partial charge in [0.1, 0.15) is 5.75 Å². The van der Waals surface area contributed by atoms with Gasteiger partial charge in [-0.15, -0.1) is 0 Å². The molecule has 2 aromatic heterocycles. The number of halogens is 1. The Kier molecular flexibility index (Phi) is 6.21. The second-order valence-electron chi connectivity index (χ2n) is 7.82. The number of hydrogen-bond acceptors (Lipinski definition) is 4. The summed E-state index contributed by atoms with van der Waals surface area (Å²) in [5, 5.41) is 11.5. The summed E-state index contributed by atoms with van der Waals surface area (Å²) < 4.78 is 1.69. The lowest BCUT2D eigenvalue weighted by Gasteiger charge is -2.35. The van der Waals surface area contributed by atoms with Gasteiger partial charge in [-0.2, -0.15) is 0 Å². The van der Waals surface area contributed by atoms with E-state index in [0.717, 1.165) is 37.2 Å². The lowest BCUT2D eigenvalue weighted by atomic mass is 9.94. The van der Waals surface area contributed by atoms with Crippen LogP contribution in [0.3, 0.4) is 0 Å². The van der Waals surface area contributed by atoms with Gasteiger partial charge in [-0.05, 0) is 62.7 Å². The maximum atomic E-state index is 13.7. The van der Waals surface area contributed by atoms with Gasteiger partial charge in [-0.1, -0.05) is 42.3 Å². The van der Waals surface area contributed by atoms with Crippen LogP contribution in [0.5, 0.6) is 5.75 Å². The molecule has 1 aliphatic rings. The first-order chi connectivity index (χ1) is 14.6. The topological polar surface area (TPSA) is 58.4 Å². The number of aromatic nitrogens is 2. The van der Waals surface area contributed by atoms with Crippen LogP contribution in [0.25, 0.3) is 0 Å². The van der Waals surface area contributed by atoms with Gasteiger partial charge in [0.2, 0.25) is 0 Å². The summed E-state index contributed by atoms with van der Waals surface area (Å²) >= 11 is 6.57. The molecule has 1 atom stereocenters. The molecule has 0 aliphatic carbocycles. The summed E-state index contributed by atoms with van der Waals surface area (Å²) in [6.45, 7) is 3.92. The van der Waals surface area contributed by atoms with E-state index in [0.29, 0.717) is 22.8 Å². The molecule has 0 spiro atoms. The summed E-state index contributed by atoms with van der Waals surface area (Å²) in [4.78, 5) is 20.3. The maximum absolute atomic E-state index is 13.7. The lowest BCUT2D eigenvalue weighted by Crippen LogP contribution is -2.39. The first-order valence-electron chi connectivity index (χ1n) is 10.4. The molecule has 3 aromatic rings. The van der Waals surface area contributed by atoms with Crippen LogP contribution >= 0.6 is 11.6 Å². The van der Waals surface area contributed by atoms with E-state index in [1.54, 1.807) is 16.8 Å². The molecule has 30 heavy (non-hydrogen) atoms. The molecule has 0 amide bonds. The summed E-state index contributed by atoms with van der Waals surface area (Å²) in [5.41, 5.74) is 2.52. The normalized spacial score (nSPS) is 15.8. The molecule has 1 saturated heterocycles. The quantitative estimate of drug-likeness (QED) is 0.654. The van der Waals surface area contributed by atoms with Crippen LogP contribution in [0.4, 0.5) is 0 Å². The Balaban J connectivity index is 1.87. The van der Waals surface area contributed by atoms with E-state index in [1.165, 1.54) is 6.42 Å². The molecule has 1 aromatic carbocycles. The molecule has 0 saturated carbocycles. The van der Waals surface area contributed by atoms with Gasteiger partial charge in [0.25, 0.3) is 5.56 Å². The van der Waals surface area contributed by atoms with Crippen LogP contribution in [-0.4, -0.2) is 32.6 Å². The zero-order chi connectivity index (χ0) is 21.1. The first kappa shape index (κ1) is 20.6. The maximum Gasteiger partial charge on any atom is 0.260 e. The highest BCUT2D eigenvalue weighted by molar-refractivity contribution is 6.31. The molecule has 4 rings (SSSR count). The second kappa shape index (κ2) is 9.02. The molecule has 5 nitrogen and oxygen atoms in total. The predicted molar refractivity (Wildman–Crippen MR) is 119 cm³/mol. The van der Waals surface area contributed by atoms with Gasteiger partial charge < -0.3 is 9.67 Å². The number of hydrogen-bond donors (Lipinski definition) is 1. The third-order valence-electron chi connectivity index (χ3n) is 5.80. The number of aromatic hydroxyl groups is 1. The minimum atomic E-state index is -0.387. The van der Waals surface area contributed by atoms with Crippen molar-refractivity contribution in [3.8, 4) is 5.75 Å². The number of nitrogens with zero attached hydrogens (tertiary/aromatic N) is 3. The van der Waals surface area contributed by atoms with Crippen LogP contribution in [0, 0.1) is 6.92 Å². The molecule has 6 heteroatoms. The van der Waals surface area contributed by atoms with Crippen molar-refractivity contribution in [2.45, 2.75) is 38.8 Å². The largest absolute Gasteiger partial charge is 0.507 e. The standard InChI is InChI=1S/C24H26ClN3O2/c1-17-15-21(29)22(24(30)28(17)16-18-9-5-6-12-26-18)23(27-13-7-2-8-14-27)19-10-3-4-11-20(19)25/h3-6,9-12,15,23,29H,2,7-8,13-14,16H2,1H3/t23-/m1/s1. The van der Waals surface area contributed by atoms with Crippen molar-refractivity contribution >= 4 is 11.6 Å². The van der Waals surface area contributed by atoms with Gasteiger partial charge in [-0.25, -0.2) is 0 Å². The molecule has 1 aliphatic heterocycles. The van der Waals surface area contributed by atoms with Crippen molar-refractivity contribution in [3.05, 3.63) is 92.6 Å². The van der Waals surface area contributed by atoms with Crippen molar-refractivity contribution in [1.82, 2.24) is 14.5 Å². The van der Waals surface area contributed by atoms with E-state index in [1.807, 2.05) is 49.4 Å². The van der Waals surface area contributed by atoms with Crippen molar-refractivity contribution in [2.75, 3.05) is 13.1 Å². The summed E-state index contributed by atoms with van der Waals surface area (Å²) in [6, 6.07) is 14.5. The van der Waals surface area contributed by atoms with Crippen molar-refractivity contribution in [3.63, 3.8) is 0 Å². The van der Waals surface area contributed by atoms with Gasteiger partial charge >= 0.3 is 0 Å². The van der Waals surface area contributed by atoms with E-state index in [-0.39, 0.29) is 17.4 Å². The number of pyridine rings is 2. The van der Waals surface area contributed by atoms with Crippen LogP contribution < -0.4 is 5.56 Å². The minimum absolute atomic E-state index is 0.0188. The highest BCUT2D eigenvalue weighted by Gasteiger charge is 2.31. The third kappa shape index (κ3) is 4.13. The monoisotopic (exact) mass is 423 g/mol. The number of aryl methyl sites for hydroxylation is 1. The highest BCUT2D eigenvalue weighted by atomic mass is 35.5. The Morgan fingerprint density at radius 1 is 1.10 bits per heavy atom. The molecule has 1 N–H and O–H groups in total.